The Kier molecular flexibility index (Phi) is 9.71. The Bertz CT molecular complexity index is 221. The number of hydrogen-bond acceptors (Lipinski definition) is 3. The van der Waals surface area contributed by atoms with Gasteiger partial charge in [0.15, 0.2) is 0 Å². The van der Waals surface area contributed by atoms with Gasteiger partial charge < -0.3 is 6.16 Å². The molecule has 1 unspecified atom stereocenters. The van der Waals surface area contributed by atoms with Crippen molar-refractivity contribution in [2.24, 2.45) is 5.41 Å². The fraction of sp³-hybridized carbons (Fsp3) is 0.818. The molecule has 3 nitrogen and oxygen atoms in total. The summed E-state index contributed by atoms with van der Waals surface area (Å²) in [6.45, 7) is 7.23. The van der Waals surface area contributed by atoms with Crippen LogP contribution in [0.5, 0.6) is 0 Å². The maximum absolute atomic E-state index is 11.6. The van der Waals surface area contributed by atoms with E-state index in [1.54, 1.807) is 13.8 Å². The molecule has 0 aliphatic carbocycles. The molecule has 0 saturated heterocycles. The van der Waals surface area contributed by atoms with Crippen LogP contribution in [0.1, 0.15) is 48.4 Å². The molecule has 0 fully saturated rings. The van der Waals surface area contributed by atoms with Crippen molar-refractivity contribution in [2.45, 2.75) is 47.0 Å². The van der Waals surface area contributed by atoms with Crippen LogP contribution in [0.3, 0.4) is 0 Å². The van der Waals surface area contributed by atoms with Gasteiger partial charge in [-0.1, -0.05) is 19.8 Å². The van der Waals surface area contributed by atoms with E-state index >= 15 is 0 Å². The normalized spacial score (nSPS) is 13.6. The molecule has 0 spiro atoms. The van der Waals surface area contributed by atoms with E-state index in [0.29, 0.717) is 13.0 Å². The van der Waals surface area contributed by atoms with Crippen molar-refractivity contribution in [3.8, 4) is 0 Å². The van der Waals surface area contributed by atoms with Crippen LogP contribution in [0.4, 0.5) is 0 Å². The SMILES string of the molecule is CCCCC(C)(C(C)=O)C(=O)OCC.[H-].[Na+]. The van der Waals surface area contributed by atoms with Crippen LogP contribution < -0.4 is 29.6 Å². The summed E-state index contributed by atoms with van der Waals surface area (Å²) in [4.78, 5) is 23.0. The number of carbonyl (C=O) groups is 2. The Labute approximate surface area is 116 Å². The molecule has 0 radical (unpaired) electrons. The van der Waals surface area contributed by atoms with Gasteiger partial charge in [-0.3, -0.25) is 9.59 Å². The predicted molar refractivity (Wildman–Crippen MR) is 56.1 cm³/mol. The molecule has 0 aromatic carbocycles. The number of Topliss-reactive ketones (excluding diaryl/α,β-unsaturated/α-hetero) is 1. The molecule has 0 N–H and O–H groups in total. The van der Waals surface area contributed by atoms with Crippen molar-refractivity contribution in [2.75, 3.05) is 6.61 Å². The molecule has 0 aliphatic rings. The van der Waals surface area contributed by atoms with Gasteiger partial charge in [0.25, 0.3) is 0 Å². The summed E-state index contributed by atoms with van der Waals surface area (Å²) in [6, 6.07) is 0. The number of ketones is 1. The van der Waals surface area contributed by atoms with E-state index in [2.05, 4.69) is 0 Å². The van der Waals surface area contributed by atoms with E-state index in [9.17, 15) is 9.59 Å². The fourth-order valence-corrected chi connectivity index (χ4v) is 1.24. The topological polar surface area (TPSA) is 43.4 Å². The Morgan fingerprint density at radius 1 is 1.33 bits per heavy atom. The zero-order valence-electron chi connectivity index (χ0n) is 11.6. The Balaban J connectivity index is -0.000000845. The van der Waals surface area contributed by atoms with Gasteiger partial charge in [-0.05, 0) is 27.2 Å². The van der Waals surface area contributed by atoms with Crippen molar-refractivity contribution >= 4 is 11.8 Å². The molecular weight excluding hydrogens is 203 g/mol. The van der Waals surface area contributed by atoms with Gasteiger partial charge in [0.1, 0.15) is 11.2 Å². The number of hydrogen-bond donors (Lipinski definition) is 0. The smallest absolute Gasteiger partial charge is 1.00 e. The molecule has 0 aromatic heterocycles. The van der Waals surface area contributed by atoms with Gasteiger partial charge in [0.2, 0.25) is 0 Å². The van der Waals surface area contributed by atoms with Crippen molar-refractivity contribution in [1.29, 1.82) is 0 Å². The van der Waals surface area contributed by atoms with Gasteiger partial charge in [0, 0.05) is 0 Å². The first kappa shape index (κ1) is 17.5. The Morgan fingerprint density at radius 3 is 2.20 bits per heavy atom. The number of carbonyl (C=O) groups excluding carboxylic acids is 2. The maximum Gasteiger partial charge on any atom is 1.00 e. The third-order valence-electron chi connectivity index (χ3n) is 2.53. The molecule has 0 aliphatic heterocycles. The molecular formula is C11H21NaO3. The van der Waals surface area contributed by atoms with Gasteiger partial charge in [0.05, 0.1) is 6.61 Å². The average Bonchev–Trinajstić information content (AvgIpc) is 2.14. The van der Waals surface area contributed by atoms with Gasteiger partial charge >= 0.3 is 35.5 Å². The molecule has 84 valence electrons. The van der Waals surface area contributed by atoms with Crippen molar-refractivity contribution in [1.82, 2.24) is 0 Å². The minimum Gasteiger partial charge on any atom is -1.00 e. The van der Waals surface area contributed by atoms with Crippen LogP contribution in [0.2, 0.25) is 0 Å². The molecule has 0 saturated carbocycles. The van der Waals surface area contributed by atoms with Crippen LogP contribution in [0, 0.1) is 5.41 Å². The summed E-state index contributed by atoms with van der Waals surface area (Å²) in [7, 11) is 0. The van der Waals surface area contributed by atoms with E-state index in [1.807, 2.05) is 6.92 Å². The monoisotopic (exact) mass is 224 g/mol. The van der Waals surface area contributed by atoms with Crippen LogP contribution in [0.15, 0.2) is 0 Å². The first-order valence-corrected chi connectivity index (χ1v) is 5.17. The van der Waals surface area contributed by atoms with Crippen molar-refractivity contribution in [3.05, 3.63) is 0 Å². The maximum atomic E-state index is 11.6. The van der Waals surface area contributed by atoms with Crippen molar-refractivity contribution in [3.63, 3.8) is 0 Å². The first-order chi connectivity index (χ1) is 6.49. The summed E-state index contributed by atoms with van der Waals surface area (Å²) in [6.07, 6.45) is 2.43. The van der Waals surface area contributed by atoms with E-state index in [-0.39, 0.29) is 42.7 Å². The zero-order chi connectivity index (χ0) is 11.2. The van der Waals surface area contributed by atoms with Crippen LogP contribution in [-0.2, 0) is 14.3 Å². The van der Waals surface area contributed by atoms with E-state index in [1.165, 1.54) is 6.92 Å². The van der Waals surface area contributed by atoms with Crippen LogP contribution >= 0.6 is 0 Å². The quantitative estimate of drug-likeness (QED) is 0.345. The van der Waals surface area contributed by atoms with E-state index < -0.39 is 5.41 Å². The fourth-order valence-electron chi connectivity index (χ4n) is 1.24. The largest absolute Gasteiger partial charge is 1.00 e. The molecule has 15 heavy (non-hydrogen) atoms. The summed E-state index contributed by atoms with van der Waals surface area (Å²) in [5.74, 6) is -0.495. The number of rotatable bonds is 6. The van der Waals surface area contributed by atoms with Gasteiger partial charge in [-0.2, -0.15) is 0 Å². The third kappa shape index (κ3) is 5.14. The van der Waals surface area contributed by atoms with Crippen molar-refractivity contribution < 1.29 is 45.3 Å². The Hall–Kier alpha value is 0.140. The second kappa shape index (κ2) is 8.31. The second-order valence-corrected chi connectivity index (χ2v) is 3.71. The minimum atomic E-state index is -0.938. The van der Waals surface area contributed by atoms with Gasteiger partial charge in [-0.15, -0.1) is 0 Å². The molecule has 0 bridgehead atoms. The van der Waals surface area contributed by atoms with Crippen LogP contribution in [0.25, 0.3) is 0 Å². The summed E-state index contributed by atoms with van der Waals surface area (Å²) < 4.78 is 4.91. The second-order valence-electron chi connectivity index (χ2n) is 3.71. The summed E-state index contributed by atoms with van der Waals surface area (Å²) in [5.41, 5.74) is -0.938. The molecule has 1 atom stereocenters. The summed E-state index contributed by atoms with van der Waals surface area (Å²) >= 11 is 0. The van der Waals surface area contributed by atoms with E-state index in [0.717, 1.165) is 12.8 Å². The summed E-state index contributed by atoms with van der Waals surface area (Å²) in [5, 5.41) is 0. The molecule has 0 amide bonds. The predicted octanol–water partition coefficient (Wildman–Crippen LogP) is -0.548. The standard InChI is InChI=1S/C11H20O3.Na.H/c1-5-7-8-11(4,9(3)12)10(13)14-6-2;;/h5-8H2,1-4H3;;/q;+1;-1. The molecule has 4 heteroatoms. The number of ether oxygens (including phenoxy) is 1. The molecule has 0 heterocycles. The number of esters is 1. The molecule has 0 aromatic rings. The van der Waals surface area contributed by atoms with Crippen LogP contribution in [-0.4, -0.2) is 18.4 Å². The van der Waals surface area contributed by atoms with Gasteiger partial charge in [-0.25, -0.2) is 0 Å². The Morgan fingerprint density at radius 2 is 1.87 bits per heavy atom. The first-order valence-electron chi connectivity index (χ1n) is 5.17. The minimum absolute atomic E-state index is 0. The molecule has 0 rings (SSSR count). The average molecular weight is 224 g/mol. The number of unbranched alkanes of at least 4 members (excludes halogenated alkanes) is 1. The third-order valence-corrected chi connectivity index (χ3v) is 2.53. The zero-order valence-corrected chi connectivity index (χ0v) is 12.6. The van der Waals surface area contributed by atoms with E-state index in [4.69, 9.17) is 4.74 Å².